The van der Waals surface area contributed by atoms with Crippen LogP contribution in [0.3, 0.4) is 0 Å². The average molecular weight is 457 g/mol. The average Bonchev–Trinajstić information content (AvgIpc) is 2.87. The molecule has 0 bridgehead atoms. The number of nitrogens with zero attached hydrogens (tertiary/aromatic N) is 2. The van der Waals surface area contributed by atoms with Gasteiger partial charge in [-0.1, -0.05) is 114 Å². The lowest BCUT2D eigenvalue weighted by Crippen LogP contribution is -1.97. The Morgan fingerprint density at radius 1 is 0.735 bits per heavy atom. The van der Waals surface area contributed by atoms with Crippen molar-refractivity contribution in [2.75, 3.05) is 0 Å². The summed E-state index contributed by atoms with van der Waals surface area (Å²) in [6.07, 6.45) is 17.6. The molecule has 2 aromatic carbocycles. The summed E-state index contributed by atoms with van der Waals surface area (Å²) >= 11 is 0. The van der Waals surface area contributed by atoms with Crippen LogP contribution in [0.1, 0.15) is 114 Å². The second-order valence-corrected chi connectivity index (χ2v) is 9.40. The Kier molecular flexibility index (Phi) is 13.7. The lowest BCUT2D eigenvalue weighted by molar-refractivity contribution is 0.00800. The Labute approximate surface area is 208 Å². The number of aryl methyl sites for hydroxylation is 2. The molecule has 0 N–H and O–H groups in total. The van der Waals surface area contributed by atoms with Crippen LogP contribution in [0.2, 0.25) is 0 Å². The molecule has 0 unspecified atom stereocenters. The standard InChI is InChI=1S/C32H44N2/c1-4-7-10-11-12-13-16-28-17-14-19-31(26-28)32(29(18-9-6-3)24-25-34-33)30-22-20-27(21-23-30)15-8-5-2/h14,17,19-24,26H,4-13,15-16,18H2,1-3H3. The predicted molar refractivity (Wildman–Crippen MR) is 147 cm³/mol. The van der Waals surface area contributed by atoms with Crippen LogP contribution in [0.25, 0.3) is 11.1 Å². The van der Waals surface area contributed by atoms with Gasteiger partial charge in [0, 0.05) is 0 Å². The van der Waals surface area contributed by atoms with Gasteiger partial charge in [-0.2, -0.15) is 0 Å². The molecule has 0 spiro atoms. The fraction of sp³-hybridized carbons (Fsp3) is 0.500. The maximum atomic E-state index is 9.06. The smallest absolute Gasteiger partial charge is 0.299 e. The molecule has 0 saturated carbocycles. The molecule has 0 aliphatic rings. The molecule has 0 aliphatic carbocycles. The molecular formula is C32H44N2. The van der Waals surface area contributed by atoms with Crippen LogP contribution in [0.5, 0.6) is 0 Å². The highest BCUT2D eigenvalue weighted by Crippen LogP contribution is 2.31. The summed E-state index contributed by atoms with van der Waals surface area (Å²) in [6, 6.07) is 18.1. The summed E-state index contributed by atoms with van der Waals surface area (Å²) in [5.41, 5.74) is 16.7. The zero-order chi connectivity index (χ0) is 24.4. The minimum absolute atomic E-state index is 0.938. The van der Waals surface area contributed by atoms with Gasteiger partial charge in [0.05, 0.1) is 6.08 Å². The molecule has 2 heteroatoms. The molecule has 2 aromatic rings. The summed E-state index contributed by atoms with van der Waals surface area (Å²) in [4.78, 5) is 3.15. The van der Waals surface area contributed by atoms with Crippen molar-refractivity contribution in [3.05, 3.63) is 88.0 Å². The van der Waals surface area contributed by atoms with E-state index < -0.39 is 0 Å². The van der Waals surface area contributed by atoms with Gasteiger partial charge < -0.3 is 5.53 Å². The van der Waals surface area contributed by atoms with Crippen molar-refractivity contribution in [2.24, 2.45) is 0 Å². The van der Waals surface area contributed by atoms with Crippen molar-refractivity contribution in [2.45, 2.75) is 104 Å². The lowest BCUT2D eigenvalue weighted by atomic mass is 9.88. The van der Waals surface area contributed by atoms with E-state index in [2.05, 4.69) is 80.0 Å². The van der Waals surface area contributed by atoms with E-state index in [1.54, 1.807) is 0 Å². The highest BCUT2D eigenvalue weighted by molar-refractivity contribution is 5.85. The Morgan fingerprint density at radius 3 is 2.12 bits per heavy atom. The third-order valence-corrected chi connectivity index (χ3v) is 6.51. The molecule has 0 heterocycles. The van der Waals surface area contributed by atoms with Gasteiger partial charge in [-0.3, -0.25) is 0 Å². The van der Waals surface area contributed by atoms with Gasteiger partial charge in [0.1, 0.15) is 0 Å². The minimum Gasteiger partial charge on any atom is -0.348 e. The lowest BCUT2D eigenvalue weighted by Gasteiger charge is -2.15. The van der Waals surface area contributed by atoms with E-state index in [-0.39, 0.29) is 0 Å². The summed E-state index contributed by atoms with van der Waals surface area (Å²) in [6.45, 7) is 6.72. The van der Waals surface area contributed by atoms with Gasteiger partial charge in [0.15, 0.2) is 0 Å². The first kappa shape index (κ1) is 27.6. The maximum Gasteiger partial charge on any atom is 0.299 e. The van der Waals surface area contributed by atoms with Crippen LogP contribution >= 0.6 is 0 Å². The molecule has 2 rings (SSSR count). The number of rotatable bonds is 16. The third-order valence-electron chi connectivity index (χ3n) is 6.51. The van der Waals surface area contributed by atoms with E-state index >= 15 is 0 Å². The number of hydrogen-bond donors (Lipinski definition) is 0. The SMILES string of the molecule is CCCCCCCCc1cccc(C(=C(C=C=[N+]=[N-])CCCC)c2ccc(CCCC)cc2)c1. The van der Waals surface area contributed by atoms with Gasteiger partial charge in [-0.15, -0.1) is 4.79 Å². The number of hydrogen-bond acceptors (Lipinski definition) is 0. The van der Waals surface area contributed by atoms with Crippen LogP contribution < -0.4 is 0 Å². The zero-order valence-corrected chi connectivity index (χ0v) is 21.8. The van der Waals surface area contributed by atoms with Gasteiger partial charge in [-0.25, -0.2) is 0 Å². The van der Waals surface area contributed by atoms with Crippen LogP contribution in [-0.2, 0) is 12.8 Å². The van der Waals surface area contributed by atoms with Gasteiger partial charge >= 0.3 is 0 Å². The van der Waals surface area contributed by atoms with Crippen molar-refractivity contribution < 1.29 is 4.79 Å². The molecule has 0 aliphatic heterocycles. The predicted octanol–water partition coefficient (Wildman–Crippen LogP) is 9.38. The molecular weight excluding hydrogens is 412 g/mol. The van der Waals surface area contributed by atoms with E-state index in [0.717, 1.165) is 32.1 Å². The molecule has 0 saturated heterocycles. The number of benzene rings is 2. The Bertz CT molecular complexity index is 955. The molecule has 0 aromatic heterocycles. The molecule has 0 amide bonds. The zero-order valence-electron chi connectivity index (χ0n) is 21.8. The topological polar surface area (TPSA) is 36.4 Å². The van der Waals surface area contributed by atoms with E-state index in [1.165, 1.54) is 84.8 Å². The summed E-state index contributed by atoms with van der Waals surface area (Å²) < 4.78 is 0. The molecule has 34 heavy (non-hydrogen) atoms. The van der Waals surface area contributed by atoms with Gasteiger partial charge in [0.2, 0.25) is 0 Å². The van der Waals surface area contributed by atoms with Gasteiger partial charge in [-0.05, 0) is 71.9 Å². The van der Waals surface area contributed by atoms with Crippen LogP contribution in [0.4, 0.5) is 0 Å². The Morgan fingerprint density at radius 2 is 1.41 bits per heavy atom. The van der Waals surface area contributed by atoms with Crippen molar-refractivity contribution in [3.8, 4) is 0 Å². The quantitative estimate of drug-likeness (QED) is 0.0793. The number of unbranched alkanes of at least 4 members (excludes halogenated alkanes) is 7. The minimum atomic E-state index is 0.938. The second kappa shape index (κ2) is 16.9. The summed E-state index contributed by atoms with van der Waals surface area (Å²) in [5.74, 6) is 2.69. The fourth-order valence-electron chi connectivity index (χ4n) is 4.49. The van der Waals surface area contributed by atoms with Crippen LogP contribution in [0.15, 0.2) is 60.2 Å². The molecule has 0 atom stereocenters. The first-order valence-corrected chi connectivity index (χ1v) is 13.6. The molecule has 0 radical (unpaired) electrons. The fourth-order valence-corrected chi connectivity index (χ4v) is 4.49. The first-order chi connectivity index (χ1) is 16.7. The largest absolute Gasteiger partial charge is 0.348 e. The van der Waals surface area contributed by atoms with E-state index in [4.69, 9.17) is 5.53 Å². The van der Waals surface area contributed by atoms with E-state index in [0.29, 0.717) is 0 Å². The highest BCUT2D eigenvalue weighted by atomic mass is 14.8. The van der Waals surface area contributed by atoms with Crippen LogP contribution in [0, 0.1) is 0 Å². The Balaban J connectivity index is 2.38. The normalized spacial score (nSPS) is 11.5. The summed E-state index contributed by atoms with van der Waals surface area (Å²) in [5, 5.41) is 0. The maximum absolute atomic E-state index is 9.06. The van der Waals surface area contributed by atoms with Gasteiger partial charge in [0.25, 0.3) is 5.87 Å². The number of allylic oxidation sites excluding steroid dienone is 2. The highest BCUT2D eigenvalue weighted by Gasteiger charge is 2.12. The Hall–Kier alpha value is -2.66. The molecule has 0 fully saturated rings. The molecule has 2 nitrogen and oxygen atoms in total. The van der Waals surface area contributed by atoms with Crippen molar-refractivity contribution in [3.63, 3.8) is 0 Å². The van der Waals surface area contributed by atoms with E-state index in [9.17, 15) is 0 Å². The van der Waals surface area contributed by atoms with Crippen molar-refractivity contribution in [1.29, 1.82) is 0 Å². The molecule has 182 valence electrons. The first-order valence-electron chi connectivity index (χ1n) is 13.6. The van der Waals surface area contributed by atoms with Crippen molar-refractivity contribution >= 4 is 11.4 Å². The van der Waals surface area contributed by atoms with Crippen LogP contribution in [-0.4, -0.2) is 10.7 Å². The summed E-state index contributed by atoms with van der Waals surface area (Å²) in [7, 11) is 0. The second-order valence-electron chi connectivity index (χ2n) is 9.40. The van der Waals surface area contributed by atoms with E-state index in [1.807, 2.05) is 6.08 Å². The van der Waals surface area contributed by atoms with Crippen molar-refractivity contribution in [1.82, 2.24) is 0 Å². The third kappa shape index (κ3) is 9.68. The monoisotopic (exact) mass is 456 g/mol.